The first-order chi connectivity index (χ1) is 59.6. The third-order valence-electron chi connectivity index (χ3n) is 26.7. The predicted octanol–water partition coefficient (Wildman–Crippen LogP) is 26.3. The number of benzene rings is 10. The number of hydrogen-bond donors (Lipinski definition) is 0. The Labute approximate surface area is 705 Å². The van der Waals surface area contributed by atoms with Crippen LogP contribution in [0.15, 0.2) is 353 Å². The first kappa shape index (κ1) is 72.1. The van der Waals surface area contributed by atoms with Crippen LogP contribution in [0.25, 0.3) is 177 Å². The van der Waals surface area contributed by atoms with E-state index in [1.54, 1.807) is 0 Å². The lowest BCUT2D eigenvalue weighted by molar-refractivity contribution is 0.661. The van der Waals surface area contributed by atoms with Gasteiger partial charge >= 0.3 is 0 Å². The van der Waals surface area contributed by atoms with Crippen LogP contribution in [-0.4, -0.2) is 58.1 Å². The van der Waals surface area contributed by atoms with Crippen LogP contribution in [-0.2, 0) is 21.7 Å². The molecule has 12 aromatic heterocycles. The van der Waals surface area contributed by atoms with Crippen LogP contribution in [0.4, 0.5) is 0 Å². The molecule has 12 nitrogen and oxygen atoms in total. The highest BCUT2D eigenvalue weighted by atomic mass is 15.1. The second kappa shape index (κ2) is 27.2. The SMILES string of the molecule is CC1(C)c2ccccc2-c2cc3c(cc21)c1ncc(-c2ccccc2)cc1n3-c1cccnc1.CC1(C)c2ccccc2-c2cc3c(cc21)c1ncccc1n3-c1ccccn1.CC1(C)c2ccccc2-c2cc3c(cc21)c1ncccc1n3-c1ccnc2ccccc12.CC1(C)c2ccccc2-c2cc3c(cc21)c1ncccc1n3-c1ccncc1. The highest BCUT2D eigenvalue weighted by Crippen LogP contribution is 2.56. The smallest absolute Gasteiger partial charge is 0.137 e. The molecule has 0 unspecified atom stereocenters. The zero-order chi connectivity index (χ0) is 82.1. The third kappa shape index (κ3) is 10.8. The molecular weight excluding hydrogens is 1490 g/mol. The van der Waals surface area contributed by atoms with Crippen molar-refractivity contribution in [3.8, 4) is 78.5 Å². The Balaban J connectivity index is 0.0000000947. The Morgan fingerprint density at radius 2 is 0.623 bits per heavy atom. The van der Waals surface area contributed by atoms with Gasteiger partial charge in [0.2, 0.25) is 0 Å². The maximum atomic E-state index is 5.01. The number of aromatic nitrogens is 12. The van der Waals surface area contributed by atoms with E-state index < -0.39 is 0 Å². The van der Waals surface area contributed by atoms with Gasteiger partial charge in [-0.15, -0.1) is 0 Å². The summed E-state index contributed by atoms with van der Waals surface area (Å²) in [6.45, 7) is 18.6. The second-order valence-electron chi connectivity index (χ2n) is 34.7. The molecule has 0 amide bonds. The van der Waals surface area contributed by atoms with Gasteiger partial charge in [0.05, 0.1) is 89.3 Å². The number of pyridine rings is 8. The summed E-state index contributed by atoms with van der Waals surface area (Å²) < 4.78 is 9.20. The summed E-state index contributed by atoms with van der Waals surface area (Å²) in [6.07, 6.45) is 18.8. The third-order valence-corrected chi connectivity index (χ3v) is 26.7. The predicted molar refractivity (Wildman–Crippen MR) is 499 cm³/mol. The molecule has 0 bridgehead atoms. The van der Waals surface area contributed by atoms with Gasteiger partial charge < -0.3 is 13.7 Å². The molecule has 10 aromatic carbocycles. The van der Waals surface area contributed by atoms with Crippen molar-refractivity contribution in [1.82, 2.24) is 58.1 Å². The molecule has 26 rings (SSSR count). The van der Waals surface area contributed by atoms with Gasteiger partial charge in [0.15, 0.2) is 0 Å². The minimum Gasteiger partial charge on any atom is -0.307 e. The molecule has 12 heterocycles. The second-order valence-corrected chi connectivity index (χ2v) is 34.7. The van der Waals surface area contributed by atoms with E-state index >= 15 is 0 Å². The fourth-order valence-corrected chi connectivity index (χ4v) is 20.7. The molecule has 0 saturated heterocycles. The molecule has 582 valence electrons. The fraction of sp³-hybridized carbons (Fsp3) is 0.109. The monoisotopic (exact) mass is 1570 g/mol. The highest BCUT2D eigenvalue weighted by Gasteiger charge is 2.41. The van der Waals surface area contributed by atoms with E-state index in [2.05, 4.69) is 336 Å². The summed E-state index contributed by atoms with van der Waals surface area (Å²) in [5.74, 6) is 0.918. The van der Waals surface area contributed by atoms with Crippen LogP contribution in [0.1, 0.15) is 99.9 Å². The summed E-state index contributed by atoms with van der Waals surface area (Å²) >= 11 is 0. The molecule has 4 aliphatic carbocycles. The minimum absolute atomic E-state index is 0.0139. The lowest BCUT2D eigenvalue weighted by Gasteiger charge is -2.21. The molecular formula is C110H82N12. The standard InChI is InChI=1S/C31H23N3.C29H21N3.2C25H19N3/c1-31(2)26-13-7-6-12-23(26)24-17-28-25(16-27(24)31)30-29(34(28)22-11-8-14-32-19-22)15-21(18-33-30)20-9-4-3-5-10-20;1-29(2)22-10-5-3-8-18(22)20-17-27-21(16-23(20)29)28-26(12-7-14-31-28)32(27)25-13-15-30-24-11-6-4-9-19(24)25;1-25(2)19-9-4-3-8-16(19)17-15-22-18(14-20(17)25)24-21(10-7-13-27-24)28(22)23-11-5-6-12-26-23;1-25(2)20-7-4-3-6-17(20)18-15-23-19(14-21(18)25)24-22(8-5-11-27-24)28(23)16-9-12-26-13-10-16/h3-19H,1-2H3;3-17H,1-2H3;2*3-15H,1-2H3. The van der Waals surface area contributed by atoms with Gasteiger partial charge in [-0.1, -0.05) is 207 Å². The Hall–Kier alpha value is -15.1. The largest absolute Gasteiger partial charge is 0.307 e. The number of hydrogen-bond acceptors (Lipinski definition) is 8. The van der Waals surface area contributed by atoms with Crippen molar-refractivity contribution < 1.29 is 0 Å². The van der Waals surface area contributed by atoms with Crippen LogP contribution in [0.5, 0.6) is 0 Å². The Bertz CT molecular complexity index is 7840. The molecule has 122 heavy (non-hydrogen) atoms. The minimum atomic E-state index is -0.0488. The Kier molecular flexibility index (Phi) is 16.1. The van der Waals surface area contributed by atoms with Gasteiger partial charge in [-0.2, -0.15) is 0 Å². The molecule has 22 aromatic rings. The summed E-state index contributed by atoms with van der Waals surface area (Å²) in [5, 5.41) is 5.89. The summed E-state index contributed by atoms with van der Waals surface area (Å²) in [7, 11) is 0. The van der Waals surface area contributed by atoms with Gasteiger partial charge in [0, 0.05) is 116 Å². The van der Waals surface area contributed by atoms with E-state index in [-0.39, 0.29) is 21.7 Å². The number of nitrogens with zero attached hydrogens (tertiary/aromatic N) is 12. The average molecular weight is 1570 g/mol. The lowest BCUT2D eigenvalue weighted by Crippen LogP contribution is -2.14. The van der Waals surface area contributed by atoms with E-state index in [0.29, 0.717) is 0 Å². The molecule has 0 saturated carbocycles. The van der Waals surface area contributed by atoms with Crippen molar-refractivity contribution in [3.05, 3.63) is 398 Å². The zero-order valence-corrected chi connectivity index (χ0v) is 68.9. The van der Waals surface area contributed by atoms with Crippen molar-refractivity contribution in [2.75, 3.05) is 0 Å². The number of fused-ring (bicyclic) bond motifs is 25. The first-order valence-corrected chi connectivity index (χ1v) is 41.9. The number of rotatable bonds is 5. The van der Waals surface area contributed by atoms with Crippen LogP contribution >= 0.6 is 0 Å². The van der Waals surface area contributed by atoms with Crippen LogP contribution < -0.4 is 0 Å². The zero-order valence-electron chi connectivity index (χ0n) is 68.9. The van der Waals surface area contributed by atoms with Gasteiger partial charge in [-0.3, -0.25) is 39.5 Å². The molecule has 0 spiro atoms. The molecule has 12 heteroatoms. The summed E-state index contributed by atoms with van der Waals surface area (Å²) in [6, 6.07) is 104. The maximum Gasteiger partial charge on any atom is 0.137 e. The van der Waals surface area contributed by atoms with E-state index in [9.17, 15) is 0 Å². The molecule has 0 atom stereocenters. The topological polar surface area (TPSA) is 123 Å². The van der Waals surface area contributed by atoms with E-state index in [1.807, 2.05) is 110 Å². The van der Waals surface area contributed by atoms with Crippen molar-refractivity contribution in [1.29, 1.82) is 0 Å². The lowest BCUT2D eigenvalue weighted by atomic mass is 9.82. The average Bonchev–Trinajstić information content (AvgIpc) is 1.57. The molecule has 0 radical (unpaired) electrons. The van der Waals surface area contributed by atoms with Crippen molar-refractivity contribution in [2.24, 2.45) is 0 Å². The van der Waals surface area contributed by atoms with Crippen LogP contribution in [0.3, 0.4) is 0 Å². The van der Waals surface area contributed by atoms with Gasteiger partial charge in [0.25, 0.3) is 0 Å². The van der Waals surface area contributed by atoms with Gasteiger partial charge in [-0.25, -0.2) is 4.98 Å². The van der Waals surface area contributed by atoms with Crippen molar-refractivity contribution in [2.45, 2.75) is 77.0 Å². The van der Waals surface area contributed by atoms with Crippen molar-refractivity contribution >= 4 is 98.6 Å². The molecule has 4 aliphatic rings. The first-order valence-electron chi connectivity index (χ1n) is 41.9. The maximum absolute atomic E-state index is 5.01. The van der Waals surface area contributed by atoms with Crippen molar-refractivity contribution in [3.63, 3.8) is 0 Å². The van der Waals surface area contributed by atoms with E-state index in [4.69, 9.17) is 19.9 Å². The van der Waals surface area contributed by atoms with E-state index in [0.717, 1.165) is 100 Å². The molecule has 0 N–H and O–H groups in total. The summed E-state index contributed by atoms with van der Waals surface area (Å²) in [5.41, 5.74) is 41.3. The fourth-order valence-electron chi connectivity index (χ4n) is 20.7. The highest BCUT2D eigenvalue weighted by molar-refractivity contribution is 6.14. The summed E-state index contributed by atoms with van der Waals surface area (Å²) in [4.78, 5) is 37.1. The van der Waals surface area contributed by atoms with Crippen LogP contribution in [0, 0.1) is 0 Å². The Morgan fingerprint density at radius 1 is 0.213 bits per heavy atom. The van der Waals surface area contributed by atoms with Crippen LogP contribution in [0.2, 0.25) is 0 Å². The normalized spacial score (nSPS) is 14.2. The molecule has 0 aliphatic heterocycles. The van der Waals surface area contributed by atoms with E-state index in [1.165, 1.54) is 122 Å². The Morgan fingerprint density at radius 3 is 1.11 bits per heavy atom. The van der Waals surface area contributed by atoms with Gasteiger partial charge in [0.1, 0.15) is 5.82 Å². The molecule has 0 fully saturated rings. The number of para-hydroxylation sites is 1. The quantitative estimate of drug-likeness (QED) is 0.167. The van der Waals surface area contributed by atoms with Gasteiger partial charge in [-0.05, 0) is 234 Å².